The largest absolute Gasteiger partial charge is 0.368 e. The van der Waals surface area contributed by atoms with Gasteiger partial charge in [-0.05, 0) is 12.1 Å². The van der Waals surface area contributed by atoms with E-state index in [0.29, 0.717) is 5.82 Å². The fourth-order valence-corrected chi connectivity index (χ4v) is 1.64. The third-order valence-corrected chi connectivity index (χ3v) is 2.44. The molecule has 3 aromatic rings. The summed E-state index contributed by atoms with van der Waals surface area (Å²) in [7, 11) is 0. The third-order valence-electron chi connectivity index (χ3n) is 2.44. The van der Waals surface area contributed by atoms with Gasteiger partial charge in [-0.1, -0.05) is 18.2 Å². The van der Waals surface area contributed by atoms with Crippen LogP contribution in [0.4, 0.5) is 5.95 Å². The highest BCUT2D eigenvalue weighted by atomic mass is 15.1. The monoisotopic (exact) mass is 223 g/mol. The number of rotatable bonds is 1. The van der Waals surface area contributed by atoms with Crippen LogP contribution in [0.2, 0.25) is 0 Å². The Morgan fingerprint density at radius 1 is 1.00 bits per heavy atom. The molecule has 0 fully saturated rings. The Hall–Kier alpha value is -2.56. The van der Waals surface area contributed by atoms with Crippen molar-refractivity contribution in [1.29, 1.82) is 0 Å². The smallest absolute Gasteiger partial charge is 0.223 e. The molecule has 0 unspecified atom stereocenters. The van der Waals surface area contributed by atoms with Gasteiger partial charge in [-0.2, -0.15) is 4.98 Å². The van der Waals surface area contributed by atoms with Gasteiger partial charge in [0.1, 0.15) is 6.33 Å². The van der Waals surface area contributed by atoms with Gasteiger partial charge in [0, 0.05) is 17.1 Å². The second kappa shape index (κ2) is 3.79. The second-order valence-electron chi connectivity index (χ2n) is 3.58. The molecule has 5 nitrogen and oxygen atoms in total. The number of hydrogen-bond donors (Lipinski definition) is 1. The van der Waals surface area contributed by atoms with Crippen molar-refractivity contribution < 1.29 is 0 Å². The van der Waals surface area contributed by atoms with E-state index in [4.69, 9.17) is 5.73 Å². The molecule has 82 valence electrons. The van der Waals surface area contributed by atoms with Gasteiger partial charge in [-0.25, -0.2) is 9.97 Å². The summed E-state index contributed by atoms with van der Waals surface area (Å²) >= 11 is 0. The predicted octanol–water partition coefficient (Wildman–Crippen LogP) is 1.67. The highest BCUT2D eigenvalue weighted by molar-refractivity contribution is 5.82. The molecule has 2 heterocycles. The summed E-state index contributed by atoms with van der Waals surface area (Å²) in [6.45, 7) is 0. The van der Waals surface area contributed by atoms with Crippen molar-refractivity contribution in [2.24, 2.45) is 0 Å². The second-order valence-corrected chi connectivity index (χ2v) is 3.58. The van der Waals surface area contributed by atoms with Gasteiger partial charge < -0.3 is 5.73 Å². The van der Waals surface area contributed by atoms with E-state index < -0.39 is 0 Å². The summed E-state index contributed by atoms with van der Waals surface area (Å²) in [5.41, 5.74) is 7.30. The lowest BCUT2D eigenvalue weighted by molar-refractivity contribution is 1.07. The predicted molar refractivity (Wildman–Crippen MR) is 65.0 cm³/mol. The molecule has 0 saturated heterocycles. The molecule has 17 heavy (non-hydrogen) atoms. The van der Waals surface area contributed by atoms with E-state index >= 15 is 0 Å². The quantitative estimate of drug-likeness (QED) is 0.679. The van der Waals surface area contributed by atoms with Gasteiger partial charge in [0.25, 0.3) is 0 Å². The van der Waals surface area contributed by atoms with Crippen molar-refractivity contribution in [2.75, 3.05) is 5.73 Å². The Morgan fingerprint density at radius 3 is 2.76 bits per heavy atom. The van der Waals surface area contributed by atoms with Crippen LogP contribution in [0.25, 0.3) is 22.3 Å². The van der Waals surface area contributed by atoms with Gasteiger partial charge in [0.15, 0.2) is 5.82 Å². The molecule has 5 heteroatoms. The number of aromatic nitrogens is 4. The molecule has 2 aromatic heterocycles. The standard InChI is InChI=1S/C12H9N5/c13-12-16-7-15-11(17-12)9-5-8-3-1-2-4-10(8)14-6-9/h1-7H,(H2,13,15,16,17). The molecule has 1 aromatic carbocycles. The van der Waals surface area contributed by atoms with Crippen LogP contribution in [0.1, 0.15) is 0 Å². The minimum absolute atomic E-state index is 0.211. The average Bonchev–Trinajstić information content (AvgIpc) is 2.38. The molecule has 2 N–H and O–H groups in total. The molecule has 3 rings (SSSR count). The molecule has 0 radical (unpaired) electrons. The Bertz CT molecular complexity index is 680. The van der Waals surface area contributed by atoms with E-state index in [2.05, 4.69) is 19.9 Å². The van der Waals surface area contributed by atoms with Crippen LogP contribution in [-0.4, -0.2) is 19.9 Å². The van der Waals surface area contributed by atoms with Crippen LogP contribution in [-0.2, 0) is 0 Å². The number of nitrogens with zero attached hydrogens (tertiary/aromatic N) is 4. The number of fused-ring (bicyclic) bond motifs is 1. The zero-order valence-electron chi connectivity index (χ0n) is 8.91. The average molecular weight is 223 g/mol. The SMILES string of the molecule is Nc1ncnc(-c2cnc3ccccc3c2)n1. The number of benzene rings is 1. The van der Waals surface area contributed by atoms with Crippen LogP contribution >= 0.6 is 0 Å². The van der Waals surface area contributed by atoms with Gasteiger partial charge in [-0.3, -0.25) is 4.98 Å². The van der Waals surface area contributed by atoms with E-state index in [-0.39, 0.29) is 5.95 Å². The maximum atomic E-state index is 5.53. The van der Waals surface area contributed by atoms with E-state index in [1.165, 1.54) is 6.33 Å². The van der Waals surface area contributed by atoms with Crippen molar-refractivity contribution in [3.05, 3.63) is 42.9 Å². The van der Waals surface area contributed by atoms with Crippen molar-refractivity contribution in [3.8, 4) is 11.4 Å². The number of nitrogens with two attached hydrogens (primary N) is 1. The molecule has 0 atom stereocenters. The van der Waals surface area contributed by atoms with E-state index in [1.807, 2.05) is 30.3 Å². The van der Waals surface area contributed by atoms with Gasteiger partial charge in [-0.15, -0.1) is 0 Å². The Balaban J connectivity index is 2.18. The summed E-state index contributed by atoms with van der Waals surface area (Å²) in [4.78, 5) is 16.2. The van der Waals surface area contributed by atoms with Gasteiger partial charge in [0.2, 0.25) is 5.95 Å². The Kier molecular flexibility index (Phi) is 2.15. The summed E-state index contributed by atoms with van der Waals surface area (Å²) in [6.07, 6.45) is 3.13. The lowest BCUT2D eigenvalue weighted by atomic mass is 10.1. The molecular weight excluding hydrogens is 214 g/mol. The van der Waals surface area contributed by atoms with Crippen LogP contribution in [0, 0.1) is 0 Å². The minimum Gasteiger partial charge on any atom is -0.368 e. The van der Waals surface area contributed by atoms with Crippen LogP contribution in [0.3, 0.4) is 0 Å². The van der Waals surface area contributed by atoms with E-state index in [9.17, 15) is 0 Å². The van der Waals surface area contributed by atoms with Crippen LogP contribution < -0.4 is 5.73 Å². The normalized spacial score (nSPS) is 10.6. The maximum absolute atomic E-state index is 5.53. The summed E-state index contributed by atoms with van der Waals surface area (Å²) < 4.78 is 0. The topological polar surface area (TPSA) is 77.6 Å². The van der Waals surface area contributed by atoms with Crippen molar-refractivity contribution in [2.45, 2.75) is 0 Å². The summed E-state index contributed by atoms with van der Waals surface area (Å²) in [5.74, 6) is 0.749. The molecule has 0 aliphatic rings. The van der Waals surface area contributed by atoms with E-state index in [0.717, 1.165) is 16.5 Å². The Labute approximate surface area is 97.4 Å². The van der Waals surface area contributed by atoms with Crippen molar-refractivity contribution in [1.82, 2.24) is 19.9 Å². The van der Waals surface area contributed by atoms with Crippen LogP contribution in [0.15, 0.2) is 42.9 Å². The number of pyridine rings is 1. The number of nitrogen functional groups attached to an aromatic ring is 1. The van der Waals surface area contributed by atoms with Crippen molar-refractivity contribution in [3.63, 3.8) is 0 Å². The van der Waals surface area contributed by atoms with Gasteiger partial charge in [0.05, 0.1) is 5.52 Å². The molecule has 0 aliphatic carbocycles. The highest BCUT2D eigenvalue weighted by Crippen LogP contribution is 2.19. The maximum Gasteiger partial charge on any atom is 0.223 e. The third kappa shape index (κ3) is 1.78. The Morgan fingerprint density at radius 2 is 1.88 bits per heavy atom. The number of para-hydroxylation sites is 1. The molecule has 0 bridgehead atoms. The first-order chi connectivity index (χ1) is 8.33. The lowest BCUT2D eigenvalue weighted by Crippen LogP contribution is -1.98. The number of hydrogen-bond acceptors (Lipinski definition) is 5. The summed E-state index contributed by atoms with van der Waals surface area (Å²) in [5, 5.41) is 1.05. The van der Waals surface area contributed by atoms with E-state index in [1.54, 1.807) is 6.20 Å². The molecule has 0 saturated carbocycles. The molecular formula is C12H9N5. The fourth-order valence-electron chi connectivity index (χ4n) is 1.64. The highest BCUT2D eigenvalue weighted by Gasteiger charge is 2.03. The first-order valence-corrected chi connectivity index (χ1v) is 5.12. The zero-order chi connectivity index (χ0) is 11.7. The van der Waals surface area contributed by atoms with Gasteiger partial charge >= 0.3 is 0 Å². The van der Waals surface area contributed by atoms with Crippen LogP contribution in [0.5, 0.6) is 0 Å². The zero-order valence-corrected chi connectivity index (χ0v) is 8.91. The molecule has 0 amide bonds. The molecule has 0 aliphatic heterocycles. The lowest BCUT2D eigenvalue weighted by Gasteiger charge is -2.01. The fraction of sp³-hybridized carbons (Fsp3) is 0. The summed E-state index contributed by atoms with van der Waals surface area (Å²) in [6, 6.07) is 9.86. The first-order valence-electron chi connectivity index (χ1n) is 5.12. The minimum atomic E-state index is 0.211. The van der Waals surface area contributed by atoms with Crippen molar-refractivity contribution >= 4 is 16.9 Å². The first kappa shape index (κ1) is 9.65. The number of anilines is 1. The molecule has 0 spiro atoms.